The van der Waals surface area contributed by atoms with Gasteiger partial charge in [-0.05, 0) is 42.0 Å². The van der Waals surface area contributed by atoms with E-state index in [0.717, 1.165) is 5.56 Å². The van der Waals surface area contributed by atoms with Gasteiger partial charge in [0.25, 0.3) is 5.91 Å². The first-order valence-corrected chi connectivity index (χ1v) is 7.34. The van der Waals surface area contributed by atoms with Crippen LogP contribution in [0.4, 0.5) is 0 Å². The first-order valence-electron chi connectivity index (χ1n) is 6.97. The maximum absolute atomic E-state index is 12.1. The topological polar surface area (TPSA) is 72.6 Å². The standard InChI is InChI=1S/C17H17ClN2O3/c1-20(10-12-2-6-14(18)7-3-12)16(21)11-23-15-8-4-13(5-9-15)17(19)22/h2-9H,10-11H2,1H3,(H2,19,22). The van der Waals surface area contributed by atoms with E-state index >= 15 is 0 Å². The van der Waals surface area contributed by atoms with Crippen molar-refractivity contribution >= 4 is 23.4 Å². The molecule has 2 amide bonds. The summed E-state index contributed by atoms with van der Waals surface area (Å²) < 4.78 is 5.42. The van der Waals surface area contributed by atoms with E-state index in [9.17, 15) is 9.59 Å². The second kappa shape index (κ2) is 7.65. The molecule has 120 valence electrons. The second-order valence-corrected chi connectivity index (χ2v) is 5.49. The Hall–Kier alpha value is -2.53. The number of nitrogens with zero attached hydrogens (tertiary/aromatic N) is 1. The molecule has 0 heterocycles. The quantitative estimate of drug-likeness (QED) is 0.883. The van der Waals surface area contributed by atoms with Crippen molar-refractivity contribution in [2.45, 2.75) is 6.54 Å². The zero-order valence-electron chi connectivity index (χ0n) is 12.7. The lowest BCUT2D eigenvalue weighted by molar-refractivity contribution is -0.132. The van der Waals surface area contributed by atoms with Gasteiger partial charge in [0.15, 0.2) is 6.61 Å². The van der Waals surface area contributed by atoms with E-state index in [1.54, 1.807) is 48.3 Å². The van der Waals surface area contributed by atoms with Crippen LogP contribution in [0.2, 0.25) is 5.02 Å². The summed E-state index contributed by atoms with van der Waals surface area (Å²) in [5, 5.41) is 0.658. The van der Waals surface area contributed by atoms with Gasteiger partial charge in [-0.15, -0.1) is 0 Å². The molecule has 5 nitrogen and oxygen atoms in total. The monoisotopic (exact) mass is 332 g/mol. The van der Waals surface area contributed by atoms with Crippen LogP contribution in [0, 0.1) is 0 Å². The molecule has 0 saturated heterocycles. The number of rotatable bonds is 6. The molecular weight excluding hydrogens is 316 g/mol. The predicted molar refractivity (Wildman–Crippen MR) is 88.4 cm³/mol. The highest BCUT2D eigenvalue weighted by Gasteiger charge is 2.10. The smallest absolute Gasteiger partial charge is 0.260 e. The molecule has 0 bridgehead atoms. The van der Waals surface area contributed by atoms with Crippen LogP contribution < -0.4 is 10.5 Å². The van der Waals surface area contributed by atoms with Crippen molar-refractivity contribution in [2.24, 2.45) is 5.73 Å². The van der Waals surface area contributed by atoms with Crippen LogP contribution in [0.15, 0.2) is 48.5 Å². The van der Waals surface area contributed by atoms with Gasteiger partial charge in [-0.25, -0.2) is 0 Å². The van der Waals surface area contributed by atoms with Gasteiger partial charge in [0.2, 0.25) is 5.91 Å². The number of likely N-dealkylation sites (N-methyl/N-ethyl adjacent to an activating group) is 1. The molecule has 0 fully saturated rings. The third-order valence-electron chi connectivity index (χ3n) is 3.26. The Balaban J connectivity index is 1.86. The molecule has 6 heteroatoms. The number of benzene rings is 2. The zero-order valence-corrected chi connectivity index (χ0v) is 13.4. The van der Waals surface area contributed by atoms with Gasteiger partial charge in [0.05, 0.1) is 0 Å². The fourth-order valence-corrected chi connectivity index (χ4v) is 2.05. The molecule has 0 aliphatic rings. The third kappa shape index (κ3) is 5.00. The zero-order chi connectivity index (χ0) is 16.8. The van der Waals surface area contributed by atoms with Gasteiger partial charge in [0.1, 0.15) is 5.75 Å². The lowest BCUT2D eigenvalue weighted by Crippen LogP contribution is -2.30. The van der Waals surface area contributed by atoms with Crippen molar-refractivity contribution in [3.05, 3.63) is 64.7 Å². The number of ether oxygens (including phenoxy) is 1. The number of amides is 2. The van der Waals surface area contributed by atoms with Gasteiger partial charge >= 0.3 is 0 Å². The van der Waals surface area contributed by atoms with Crippen LogP contribution in [0.5, 0.6) is 5.75 Å². The fourth-order valence-electron chi connectivity index (χ4n) is 1.92. The van der Waals surface area contributed by atoms with Crippen molar-refractivity contribution in [1.82, 2.24) is 4.90 Å². The molecule has 0 spiro atoms. The van der Waals surface area contributed by atoms with Crippen LogP contribution in [0.25, 0.3) is 0 Å². The number of carbonyl (C=O) groups is 2. The van der Waals surface area contributed by atoms with Crippen molar-refractivity contribution < 1.29 is 14.3 Å². The predicted octanol–water partition coefficient (Wildman–Crippen LogP) is 2.48. The Kier molecular flexibility index (Phi) is 5.60. The number of carbonyl (C=O) groups excluding carboxylic acids is 2. The van der Waals surface area contributed by atoms with E-state index in [2.05, 4.69) is 0 Å². The van der Waals surface area contributed by atoms with Gasteiger partial charge in [-0.2, -0.15) is 0 Å². The summed E-state index contributed by atoms with van der Waals surface area (Å²) in [6.07, 6.45) is 0. The van der Waals surface area contributed by atoms with E-state index in [1.807, 2.05) is 12.1 Å². The Morgan fingerprint density at radius 1 is 1.09 bits per heavy atom. The molecule has 0 radical (unpaired) electrons. The molecule has 2 N–H and O–H groups in total. The summed E-state index contributed by atoms with van der Waals surface area (Å²) in [5.74, 6) is -0.155. The van der Waals surface area contributed by atoms with Crippen molar-refractivity contribution in [3.63, 3.8) is 0 Å². The van der Waals surface area contributed by atoms with Gasteiger partial charge in [0, 0.05) is 24.2 Å². The minimum atomic E-state index is -0.504. The Bertz CT molecular complexity index is 684. The Morgan fingerprint density at radius 3 is 2.26 bits per heavy atom. The summed E-state index contributed by atoms with van der Waals surface area (Å²) in [6.45, 7) is 0.389. The van der Waals surface area contributed by atoms with Crippen LogP contribution in [-0.2, 0) is 11.3 Å². The molecule has 2 rings (SSSR count). The maximum Gasteiger partial charge on any atom is 0.260 e. The minimum Gasteiger partial charge on any atom is -0.484 e. The number of hydrogen-bond acceptors (Lipinski definition) is 3. The molecule has 0 aliphatic carbocycles. The van der Waals surface area contributed by atoms with Gasteiger partial charge in [-0.1, -0.05) is 23.7 Å². The highest BCUT2D eigenvalue weighted by atomic mass is 35.5. The van der Waals surface area contributed by atoms with Crippen LogP contribution >= 0.6 is 11.6 Å². The SMILES string of the molecule is CN(Cc1ccc(Cl)cc1)C(=O)COc1ccc(C(N)=O)cc1. The van der Waals surface area contributed by atoms with Crippen LogP contribution in [0.3, 0.4) is 0 Å². The highest BCUT2D eigenvalue weighted by molar-refractivity contribution is 6.30. The Morgan fingerprint density at radius 2 is 1.70 bits per heavy atom. The summed E-state index contributed by atoms with van der Waals surface area (Å²) in [4.78, 5) is 24.6. The fraction of sp³-hybridized carbons (Fsp3) is 0.176. The summed E-state index contributed by atoms with van der Waals surface area (Å²) in [5.41, 5.74) is 6.53. The van der Waals surface area contributed by atoms with Crippen LogP contribution in [0.1, 0.15) is 15.9 Å². The average molecular weight is 333 g/mol. The normalized spacial score (nSPS) is 10.2. The Labute approximate surface area is 139 Å². The summed E-state index contributed by atoms with van der Waals surface area (Å²) >= 11 is 5.83. The van der Waals surface area contributed by atoms with Crippen molar-refractivity contribution in [2.75, 3.05) is 13.7 Å². The van der Waals surface area contributed by atoms with E-state index < -0.39 is 5.91 Å². The van der Waals surface area contributed by atoms with Crippen molar-refractivity contribution in [3.8, 4) is 5.75 Å². The first-order chi connectivity index (χ1) is 11.0. The molecule has 0 aliphatic heterocycles. The first kappa shape index (κ1) is 16.8. The van der Waals surface area contributed by atoms with E-state index in [4.69, 9.17) is 22.1 Å². The largest absolute Gasteiger partial charge is 0.484 e. The lowest BCUT2D eigenvalue weighted by Gasteiger charge is -2.17. The molecule has 0 aromatic heterocycles. The number of primary amides is 1. The van der Waals surface area contributed by atoms with Crippen molar-refractivity contribution in [1.29, 1.82) is 0 Å². The molecule has 0 atom stereocenters. The van der Waals surface area contributed by atoms with E-state index in [-0.39, 0.29) is 12.5 Å². The van der Waals surface area contributed by atoms with E-state index in [0.29, 0.717) is 22.9 Å². The van der Waals surface area contributed by atoms with E-state index in [1.165, 1.54) is 0 Å². The molecule has 0 unspecified atom stereocenters. The number of nitrogens with two attached hydrogens (primary N) is 1. The van der Waals surface area contributed by atoms with Gasteiger partial charge < -0.3 is 15.4 Å². The molecular formula is C17H17ClN2O3. The summed E-state index contributed by atoms with van der Waals surface area (Å²) in [7, 11) is 1.70. The second-order valence-electron chi connectivity index (χ2n) is 5.05. The number of halogens is 1. The molecule has 2 aromatic carbocycles. The number of hydrogen-bond donors (Lipinski definition) is 1. The lowest BCUT2D eigenvalue weighted by atomic mass is 10.2. The molecule has 0 saturated carbocycles. The highest BCUT2D eigenvalue weighted by Crippen LogP contribution is 2.13. The maximum atomic E-state index is 12.1. The van der Waals surface area contributed by atoms with Gasteiger partial charge in [-0.3, -0.25) is 9.59 Å². The average Bonchev–Trinajstić information content (AvgIpc) is 2.55. The van der Waals surface area contributed by atoms with Crippen LogP contribution in [-0.4, -0.2) is 30.4 Å². The third-order valence-corrected chi connectivity index (χ3v) is 3.51. The summed E-state index contributed by atoms with van der Waals surface area (Å²) in [6, 6.07) is 13.6. The minimum absolute atomic E-state index is 0.0833. The molecule has 2 aromatic rings. The molecule has 23 heavy (non-hydrogen) atoms.